The number of benzene rings is 10. The number of hydrogen-bond acceptors (Lipinski definition) is 0. The van der Waals surface area contributed by atoms with Crippen LogP contribution >= 0.6 is 0 Å². The van der Waals surface area contributed by atoms with Crippen LogP contribution in [0.25, 0.3) is 98.7 Å². The highest BCUT2D eigenvalue weighted by Crippen LogP contribution is 2.50. The highest BCUT2D eigenvalue weighted by Gasteiger charge is 2.23. The van der Waals surface area contributed by atoms with Gasteiger partial charge in [-0.1, -0.05) is 236 Å². The molecule has 60 heavy (non-hydrogen) atoms. The average molecular weight is 771 g/mol. The van der Waals surface area contributed by atoms with Gasteiger partial charge in [-0.2, -0.15) is 0 Å². The monoisotopic (exact) mass is 770 g/mol. The molecule has 0 aliphatic carbocycles. The van der Waals surface area contributed by atoms with Crippen molar-refractivity contribution in [2.45, 2.75) is 52.4 Å². The van der Waals surface area contributed by atoms with Gasteiger partial charge in [-0.25, -0.2) is 0 Å². The second kappa shape index (κ2) is 14.5. The second-order valence-electron chi connectivity index (χ2n) is 18.5. The minimum atomic E-state index is 0.129. The molecule has 0 heterocycles. The molecule has 0 N–H and O–H groups in total. The van der Waals surface area contributed by atoms with E-state index in [2.05, 4.69) is 236 Å². The summed E-state index contributed by atoms with van der Waals surface area (Å²) in [5, 5.41) is 10.1. The molecule has 0 radical (unpaired) electrons. The lowest BCUT2D eigenvalue weighted by molar-refractivity contribution is 0.590. The minimum Gasteiger partial charge on any atom is -0.0616 e. The van der Waals surface area contributed by atoms with Gasteiger partial charge in [-0.05, 0) is 121 Å². The van der Waals surface area contributed by atoms with E-state index < -0.39 is 0 Å². The predicted molar refractivity (Wildman–Crippen MR) is 261 cm³/mol. The van der Waals surface area contributed by atoms with Crippen molar-refractivity contribution in [3.63, 3.8) is 0 Å². The largest absolute Gasteiger partial charge is 0.0616 e. The average Bonchev–Trinajstić information content (AvgIpc) is 3.27. The first-order valence-corrected chi connectivity index (χ1v) is 21.3. The van der Waals surface area contributed by atoms with Gasteiger partial charge in [-0.3, -0.25) is 0 Å². The first-order chi connectivity index (χ1) is 29.0. The molecule has 0 atom stereocenters. The molecule has 0 fully saturated rings. The highest BCUT2D eigenvalue weighted by molar-refractivity contribution is 6.30. The maximum Gasteiger partial charge on any atom is -0.00139 e. The summed E-state index contributed by atoms with van der Waals surface area (Å²) in [6, 6.07) is 72.7. The molecule has 10 rings (SSSR count). The van der Waals surface area contributed by atoms with Gasteiger partial charge in [0.2, 0.25) is 0 Å². The van der Waals surface area contributed by atoms with Crippen molar-refractivity contribution in [3.05, 3.63) is 205 Å². The first-order valence-electron chi connectivity index (χ1n) is 21.3. The fourth-order valence-corrected chi connectivity index (χ4v) is 9.40. The van der Waals surface area contributed by atoms with Gasteiger partial charge < -0.3 is 0 Å². The van der Waals surface area contributed by atoms with Crippen LogP contribution in [0.3, 0.4) is 0 Å². The third-order valence-electron chi connectivity index (χ3n) is 12.6. The van der Waals surface area contributed by atoms with Gasteiger partial charge in [0.15, 0.2) is 0 Å². The summed E-state index contributed by atoms with van der Waals surface area (Å²) in [7, 11) is 0. The predicted octanol–water partition coefficient (Wildman–Crippen LogP) is 17.2. The second-order valence-corrected chi connectivity index (χ2v) is 18.5. The van der Waals surface area contributed by atoms with E-state index in [0.29, 0.717) is 0 Å². The van der Waals surface area contributed by atoms with Crippen LogP contribution in [0.2, 0.25) is 0 Å². The lowest BCUT2D eigenvalue weighted by Gasteiger charge is -2.22. The third-order valence-corrected chi connectivity index (χ3v) is 12.6. The Bertz CT molecular complexity index is 2870. The van der Waals surface area contributed by atoms with E-state index in [0.717, 1.165) is 0 Å². The maximum atomic E-state index is 2.33. The molecule has 0 nitrogen and oxygen atoms in total. The van der Waals surface area contributed by atoms with Gasteiger partial charge in [-0.15, -0.1) is 0 Å². The Labute approximate surface area is 354 Å². The zero-order chi connectivity index (χ0) is 41.2. The minimum absolute atomic E-state index is 0.129. The van der Waals surface area contributed by atoms with Crippen LogP contribution < -0.4 is 0 Å². The molecule has 0 saturated heterocycles. The van der Waals surface area contributed by atoms with Crippen LogP contribution in [0.5, 0.6) is 0 Å². The van der Waals surface area contributed by atoms with Gasteiger partial charge in [0, 0.05) is 0 Å². The fourth-order valence-electron chi connectivity index (χ4n) is 9.40. The van der Waals surface area contributed by atoms with E-state index in [-0.39, 0.29) is 10.8 Å². The van der Waals surface area contributed by atoms with Crippen molar-refractivity contribution in [2.75, 3.05) is 0 Å². The molecule has 0 spiro atoms. The number of hydrogen-bond donors (Lipinski definition) is 0. The Hall–Kier alpha value is -6.76. The molecule has 0 aliphatic heterocycles. The van der Waals surface area contributed by atoms with Crippen LogP contribution in [0.4, 0.5) is 0 Å². The van der Waals surface area contributed by atoms with Crippen molar-refractivity contribution >= 4 is 43.1 Å². The molecule has 0 bridgehead atoms. The number of fused-ring (bicyclic) bond motifs is 4. The molecular formula is C60H50. The van der Waals surface area contributed by atoms with E-state index in [4.69, 9.17) is 0 Å². The van der Waals surface area contributed by atoms with Crippen molar-refractivity contribution in [3.8, 4) is 55.6 Å². The summed E-state index contributed by atoms with van der Waals surface area (Å²) in [5.41, 5.74) is 15.5. The molecule has 0 amide bonds. The normalized spacial score (nSPS) is 12.2. The SMILES string of the molecule is CC(C)(C)c1ccc(-c2ccc(-c3c4ccccc4c(-c4c5ccccc5c(-c5ccc(-c6ccc(C(C)(C)C)cc6)cc5)c5ccccc45)c4ccccc34)cc2)cc1. The Balaban J connectivity index is 1.15. The molecule has 0 unspecified atom stereocenters. The molecular weight excluding hydrogens is 721 g/mol. The maximum absolute atomic E-state index is 2.33. The van der Waals surface area contributed by atoms with Crippen molar-refractivity contribution in [1.29, 1.82) is 0 Å². The molecule has 0 saturated carbocycles. The Morgan fingerprint density at radius 3 is 0.600 bits per heavy atom. The summed E-state index contributed by atoms with van der Waals surface area (Å²) < 4.78 is 0. The van der Waals surface area contributed by atoms with Crippen molar-refractivity contribution < 1.29 is 0 Å². The quantitative estimate of drug-likeness (QED) is 0.153. The topological polar surface area (TPSA) is 0 Å². The molecule has 0 aliphatic rings. The van der Waals surface area contributed by atoms with E-state index in [9.17, 15) is 0 Å². The fraction of sp³-hybridized carbons (Fsp3) is 0.133. The third kappa shape index (κ3) is 6.48. The molecule has 290 valence electrons. The van der Waals surface area contributed by atoms with E-state index >= 15 is 0 Å². The van der Waals surface area contributed by atoms with Gasteiger partial charge in [0.1, 0.15) is 0 Å². The Morgan fingerprint density at radius 1 is 0.200 bits per heavy atom. The standard InChI is InChI=1S/C60H50/c1-59(2,3)45-35-31-41(32-36-45)39-23-27-43(28-24-39)55-47-15-7-11-19-51(47)57(52-20-12-8-16-48(52)55)58-53-21-13-9-17-49(53)56(50-18-10-14-22-54(50)58)44-29-25-40(26-30-44)42-33-37-46(38-34-42)60(4,5)6/h7-38H,1-6H3. The highest BCUT2D eigenvalue weighted by atomic mass is 14.3. The van der Waals surface area contributed by atoms with E-state index in [1.165, 1.54) is 110 Å². The van der Waals surface area contributed by atoms with Crippen molar-refractivity contribution in [2.24, 2.45) is 0 Å². The number of rotatable bonds is 5. The Kier molecular flexibility index (Phi) is 9.07. The molecule has 10 aromatic carbocycles. The van der Waals surface area contributed by atoms with E-state index in [1.807, 2.05) is 0 Å². The Morgan fingerprint density at radius 2 is 0.383 bits per heavy atom. The van der Waals surface area contributed by atoms with Gasteiger partial charge >= 0.3 is 0 Å². The molecule has 10 aromatic rings. The summed E-state index contributed by atoms with van der Waals surface area (Å²) in [5.74, 6) is 0. The van der Waals surface area contributed by atoms with E-state index in [1.54, 1.807) is 0 Å². The van der Waals surface area contributed by atoms with Crippen LogP contribution in [-0.2, 0) is 10.8 Å². The van der Waals surface area contributed by atoms with Crippen LogP contribution in [-0.4, -0.2) is 0 Å². The zero-order valence-electron chi connectivity index (χ0n) is 35.5. The van der Waals surface area contributed by atoms with Gasteiger partial charge in [0.05, 0.1) is 0 Å². The lowest BCUT2D eigenvalue weighted by Crippen LogP contribution is -2.10. The summed E-state index contributed by atoms with van der Waals surface area (Å²) >= 11 is 0. The van der Waals surface area contributed by atoms with Crippen LogP contribution in [0.1, 0.15) is 52.7 Å². The summed E-state index contributed by atoms with van der Waals surface area (Å²) in [6.45, 7) is 13.6. The van der Waals surface area contributed by atoms with Crippen molar-refractivity contribution in [1.82, 2.24) is 0 Å². The lowest BCUT2D eigenvalue weighted by atomic mass is 9.81. The van der Waals surface area contributed by atoms with Crippen LogP contribution in [0.15, 0.2) is 194 Å². The summed E-state index contributed by atoms with van der Waals surface area (Å²) in [4.78, 5) is 0. The molecule has 0 heteroatoms. The smallest absolute Gasteiger partial charge is 0.00139 e. The first kappa shape index (κ1) is 37.5. The van der Waals surface area contributed by atoms with Crippen LogP contribution in [0, 0.1) is 0 Å². The zero-order valence-corrected chi connectivity index (χ0v) is 35.5. The summed E-state index contributed by atoms with van der Waals surface area (Å²) in [6.07, 6.45) is 0. The molecule has 0 aromatic heterocycles. The van der Waals surface area contributed by atoms with Gasteiger partial charge in [0.25, 0.3) is 0 Å².